The van der Waals surface area contributed by atoms with Gasteiger partial charge in [-0.15, -0.1) is 0 Å². The molecule has 3 aromatic rings. The van der Waals surface area contributed by atoms with Crippen molar-refractivity contribution in [3.63, 3.8) is 0 Å². The average molecular weight is 322 g/mol. The van der Waals surface area contributed by atoms with E-state index < -0.39 is 0 Å². The summed E-state index contributed by atoms with van der Waals surface area (Å²) in [6.07, 6.45) is 3.45. The number of pyridine rings is 1. The third kappa shape index (κ3) is 3.78. The molecule has 0 radical (unpaired) electrons. The first kappa shape index (κ1) is 15.7. The number of rotatable bonds is 5. The van der Waals surface area contributed by atoms with Gasteiger partial charge in [-0.1, -0.05) is 29.4 Å². The van der Waals surface area contributed by atoms with Gasteiger partial charge >= 0.3 is 6.03 Å². The average Bonchev–Trinajstić information content (AvgIpc) is 3.12. The van der Waals surface area contributed by atoms with Crippen LogP contribution in [0.25, 0.3) is 22.6 Å². The van der Waals surface area contributed by atoms with Crippen molar-refractivity contribution in [3.05, 3.63) is 60.4 Å². The lowest BCUT2D eigenvalue weighted by Gasteiger charge is -2.06. The predicted molar refractivity (Wildman–Crippen MR) is 91.1 cm³/mol. The smallest absolute Gasteiger partial charge is 0.315 e. The Hall–Kier alpha value is -3.15. The predicted octanol–water partition coefficient (Wildman–Crippen LogP) is 3.22. The molecule has 2 heterocycles. The Morgan fingerprint density at radius 2 is 1.96 bits per heavy atom. The molecule has 2 amide bonds. The molecule has 6 heteroatoms. The first-order valence-electron chi connectivity index (χ1n) is 7.74. The zero-order valence-corrected chi connectivity index (χ0v) is 13.3. The van der Waals surface area contributed by atoms with Crippen LogP contribution in [0.3, 0.4) is 0 Å². The molecular formula is C18H18N4O2. The molecule has 1 aromatic carbocycles. The summed E-state index contributed by atoms with van der Waals surface area (Å²) in [6, 6.07) is 13.3. The SMILES string of the molecule is CCNC(=O)NCc1ccc(-c2cc(-c3cccnc3)on2)cc1. The molecule has 0 fully saturated rings. The number of nitrogens with zero attached hydrogens (tertiary/aromatic N) is 2. The highest BCUT2D eigenvalue weighted by molar-refractivity contribution is 5.73. The van der Waals surface area contributed by atoms with E-state index in [-0.39, 0.29) is 6.03 Å². The van der Waals surface area contributed by atoms with E-state index in [0.717, 1.165) is 22.4 Å². The van der Waals surface area contributed by atoms with Gasteiger partial charge < -0.3 is 15.2 Å². The van der Waals surface area contributed by atoms with E-state index >= 15 is 0 Å². The van der Waals surface area contributed by atoms with Gasteiger partial charge in [0.05, 0.1) is 0 Å². The number of benzene rings is 1. The van der Waals surface area contributed by atoms with Crippen LogP contribution in [0, 0.1) is 0 Å². The maximum atomic E-state index is 11.4. The number of hydrogen-bond donors (Lipinski definition) is 2. The van der Waals surface area contributed by atoms with E-state index in [9.17, 15) is 4.79 Å². The van der Waals surface area contributed by atoms with Crippen molar-refractivity contribution >= 4 is 6.03 Å². The number of aromatic nitrogens is 2. The van der Waals surface area contributed by atoms with Crippen LogP contribution in [0.15, 0.2) is 59.4 Å². The van der Waals surface area contributed by atoms with Gasteiger partial charge in [0.15, 0.2) is 5.76 Å². The second kappa shape index (κ2) is 7.41. The van der Waals surface area contributed by atoms with E-state index in [1.54, 1.807) is 12.4 Å². The lowest BCUT2D eigenvalue weighted by molar-refractivity contribution is 0.241. The molecule has 0 unspecified atom stereocenters. The highest BCUT2D eigenvalue weighted by Gasteiger charge is 2.08. The van der Waals surface area contributed by atoms with Crippen molar-refractivity contribution in [2.24, 2.45) is 0 Å². The molecule has 2 aromatic heterocycles. The molecule has 122 valence electrons. The van der Waals surface area contributed by atoms with Crippen molar-refractivity contribution in [1.29, 1.82) is 0 Å². The second-order valence-electron chi connectivity index (χ2n) is 5.23. The maximum Gasteiger partial charge on any atom is 0.315 e. The van der Waals surface area contributed by atoms with E-state index in [0.29, 0.717) is 18.8 Å². The molecule has 0 aliphatic carbocycles. The van der Waals surface area contributed by atoms with Crippen LogP contribution in [0.5, 0.6) is 0 Å². The molecule has 0 aliphatic heterocycles. The first-order valence-corrected chi connectivity index (χ1v) is 7.74. The fraction of sp³-hybridized carbons (Fsp3) is 0.167. The van der Waals surface area contributed by atoms with Crippen LogP contribution in [-0.2, 0) is 6.54 Å². The van der Waals surface area contributed by atoms with Crippen LogP contribution in [0.2, 0.25) is 0 Å². The summed E-state index contributed by atoms with van der Waals surface area (Å²) >= 11 is 0. The maximum absolute atomic E-state index is 11.4. The minimum atomic E-state index is -0.167. The third-order valence-corrected chi connectivity index (χ3v) is 3.50. The Morgan fingerprint density at radius 1 is 1.12 bits per heavy atom. The number of urea groups is 1. The lowest BCUT2D eigenvalue weighted by atomic mass is 10.1. The van der Waals surface area contributed by atoms with Gasteiger partial charge in [0.1, 0.15) is 5.69 Å². The number of amides is 2. The van der Waals surface area contributed by atoms with Crippen LogP contribution < -0.4 is 10.6 Å². The standard InChI is InChI=1S/C18H18N4O2/c1-2-20-18(23)21-11-13-5-7-14(8-6-13)16-10-17(24-22-16)15-4-3-9-19-12-15/h3-10,12H,2,11H2,1H3,(H2,20,21,23). The summed E-state index contributed by atoms with van der Waals surface area (Å²) in [5.74, 6) is 0.681. The van der Waals surface area contributed by atoms with Crippen LogP contribution >= 0.6 is 0 Å². The number of nitrogens with one attached hydrogen (secondary N) is 2. The molecule has 2 N–H and O–H groups in total. The molecule has 0 atom stereocenters. The fourth-order valence-electron chi connectivity index (χ4n) is 2.25. The Labute approximate surface area is 139 Å². The van der Waals surface area contributed by atoms with E-state index in [1.807, 2.05) is 49.4 Å². The second-order valence-corrected chi connectivity index (χ2v) is 5.23. The van der Waals surface area contributed by atoms with Crippen molar-refractivity contribution < 1.29 is 9.32 Å². The van der Waals surface area contributed by atoms with Crippen LogP contribution in [0.1, 0.15) is 12.5 Å². The molecule has 0 aliphatic rings. The summed E-state index contributed by atoms with van der Waals surface area (Å²) in [6.45, 7) is 2.97. The normalized spacial score (nSPS) is 10.4. The third-order valence-electron chi connectivity index (χ3n) is 3.50. The largest absolute Gasteiger partial charge is 0.356 e. The van der Waals surface area contributed by atoms with E-state index in [1.165, 1.54) is 0 Å². The lowest BCUT2D eigenvalue weighted by Crippen LogP contribution is -2.34. The van der Waals surface area contributed by atoms with Gasteiger partial charge in [0.25, 0.3) is 0 Å². The Kier molecular flexibility index (Phi) is 4.86. The van der Waals surface area contributed by atoms with Gasteiger partial charge in [0.2, 0.25) is 0 Å². The molecule has 0 spiro atoms. The van der Waals surface area contributed by atoms with Gasteiger partial charge in [-0.3, -0.25) is 4.98 Å². The molecule has 0 bridgehead atoms. The first-order chi connectivity index (χ1) is 11.8. The molecule has 0 saturated carbocycles. The highest BCUT2D eigenvalue weighted by Crippen LogP contribution is 2.25. The Morgan fingerprint density at radius 3 is 2.67 bits per heavy atom. The Balaban J connectivity index is 1.68. The summed E-state index contributed by atoms with van der Waals surface area (Å²) < 4.78 is 5.39. The van der Waals surface area contributed by atoms with Gasteiger partial charge in [0, 0.05) is 42.7 Å². The van der Waals surface area contributed by atoms with Crippen molar-refractivity contribution in [1.82, 2.24) is 20.8 Å². The van der Waals surface area contributed by atoms with Gasteiger partial charge in [-0.05, 0) is 24.6 Å². The molecular weight excluding hydrogens is 304 g/mol. The van der Waals surface area contributed by atoms with Crippen molar-refractivity contribution in [3.8, 4) is 22.6 Å². The van der Waals surface area contributed by atoms with Gasteiger partial charge in [-0.25, -0.2) is 4.79 Å². The zero-order valence-electron chi connectivity index (χ0n) is 13.3. The van der Waals surface area contributed by atoms with Crippen LogP contribution in [-0.4, -0.2) is 22.7 Å². The summed E-state index contributed by atoms with van der Waals surface area (Å²) in [7, 11) is 0. The summed E-state index contributed by atoms with van der Waals surface area (Å²) in [5, 5.41) is 9.60. The van der Waals surface area contributed by atoms with Gasteiger partial charge in [-0.2, -0.15) is 0 Å². The highest BCUT2D eigenvalue weighted by atomic mass is 16.5. The molecule has 0 saturated heterocycles. The van der Waals surface area contributed by atoms with E-state index in [2.05, 4.69) is 20.8 Å². The number of carbonyl (C=O) groups excluding carboxylic acids is 1. The monoisotopic (exact) mass is 322 g/mol. The molecule has 24 heavy (non-hydrogen) atoms. The van der Waals surface area contributed by atoms with E-state index in [4.69, 9.17) is 4.52 Å². The summed E-state index contributed by atoms with van der Waals surface area (Å²) in [4.78, 5) is 15.5. The number of hydrogen-bond acceptors (Lipinski definition) is 4. The number of carbonyl (C=O) groups is 1. The zero-order chi connectivity index (χ0) is 16.8. The Bertz CT molecular complexity index is 797. The van der Waals surface area contributed by atoms with Crippen molar-refractivity contribution in [2.75, 3.05) is 6.54 Å². The van der Waals surface area contributed by atoms with Crippen molar-refractivity contribution in [2.45, 2.75) is 13.5 Å². The fourth-order valence-corrected chi connectivity index (χ4v) is 2.25. The topological polar surface area (TPSA) is 80.0 Å². The summed E-state index contributed by atoms with van der Waals surface area (Å²) in [5.41, 5.74) is 3.62. The minimum Gasteiger partial charge on any atom is -0.356 e. The van der Waals surface area contributed by atoms with Crippen LogP contribution in [0.4, 0.5) is 4.79 Å². The quantitative estimate of drug-likeness (QED) is 0.756. The minimum absolute atomic E-state index is 0.167. The molecule has 6 nitrogen and oxygen atoms in total. The molecule has 3 rings (SSSR count).